The molecule has 0 saturated carbocycles. The first kappa shape index (κ1) is 20.3. The average Bonchev–Trinajstić information content (AvgIpc) is 3.02. The summed E-state index contributed by atoms with van der Waals surface area (Å²) in [5.74, 6) is -1.71. The molecule has 0 radical (unpaired) electrons. The molecule has 1 amide bonds. The molecule has 0 bridgehead atoms. The van der Waals surface area contributed by atoms with Gasteiger partial charge in [0.25, 0.3) is 5.91 Å². The van der Waals surface area contributed by atoms with Crippen molar-refractivity contribution in [3.63, 3.8) is 0 Å². The molecular formula is C22H14F2INO4. The lowest BCUT2D eigenvalue weighted by molar-refractivity contribution is -0.131. The van der Waals surface area contributed by atoms with Crippen molar-refractivity contribution in [1.82, 2.24) is 0 Å². The van der Waals surface area contributed by atoms with E-state index < -0.39 is 17.5 Å². The molecule has 152 valence electrons. The van der Waals surface area contributed by atoms with Crippen LogP contribution >= 0.6 is 22.6 Å². The zero-order valence-electron chi connectivity index (χ0n) is 15.4. The summed E-state index contributed by atoms with van der Waals surface area (Å²) in [5.41, 5.74) is 6.62. The molecular weight excluding hydrogens is 507 g/mol. The van der Waals surface area contributed by atoms with Crippen molar-refractivity contribution in [1.29, 1.82) is 0 Å². The quantitative estimate of drug-likeness (QED) is 0.305. The highest BCUT2D eigenvalue weighted by Gasteiger charge is 2.23. The van der Waals surface area contributed by atoms with Crippen LogP contribution in [0.5, 0.6) is 17.2 Å². The van der Waals surface area contributed by atoms with E-state index in [1.165, 1.54) is 12.1 Å². The van der Waals surface area contributed by atoms with E-state index in [4.69, 9.17) is 15.2 Å². The first-order chi connectivity index (χ1) is 14.3. The predicted molar refractivity (Wildman–Crippen MR) is 113 cm³/mol. The molecule has 3 aromatic carbocycles. The molecule has 0 fully saturated rings. The van der Waals surface area contributed by atoms with Crippen molar-refractivity contribution in [3.8, 4) is 17.2 Å². The van der Waals surface area contributed by atoms with Crippen molar-refractivity contribution in [3.05, 3.63) is 86.0 Å². The van der Waals surface area contributed by atoms with Crippen molar-refractivity contribution in [2.24, 2.45) is 5.73 Å². The van der Waals surface area contributed by atoms with Crippen LogP contribution in [0.15, 0.2) is 48.5 Å². The highest BCUT2D eigenvalue weighted by Crippen LogP contribution is 2.34. The number of hydrogen-bond donors (Lipinski definition) is 1. The van der Waals surface area contributed by atoms with Crippen molar-refractivity contribution in [2.75, 3.05) is 0 Å². The molecule has 30 heavy (non-hydrogen) atoms. The highest BCUT2D eigenvalue weighted by atomic mass is 127. The van der Waals surface area contributed by atoms with Gasteiger partial charge in [-0.05, 0) is 70.1 Å². The lowest BCUT2D eigenvalue weighted by Gasteiger charge is -2.15. The van der Waals surface area contributed by atoms with Gasteiger partial charge in [0, 0.05) is 21.6 Å². The topological polar surface area (TPSA) is 78.6 Å². The number of benzene rings is 3. The summed E-state index contributed by atoms with van der Waals surface area (Å²) in [5, 5.41) is 0. The third-order valence-electron chi connectivity index (χ3n) is 4.61. The summed E-state index contributed by atoms with van der Waals surface area (Å²) in [7, 11) is 0. The molecule has 0 spiro atoms. The Balaban J connectivity index is 1.72. The summed E-state index contributed by atoms with van der Waals surface area (Å²) in [6, 6.07) is 11.5. The number of nitrogens with two attached hydrogens (primary N) is 1. The number of fused-ring (bicyclic) bond motifs is 1. The first-order valence-electron chi connectivity index (χ1n) is 8.88. The summed E-state index contributed by atoms with van der Waals surface area (Å²) >= 11 is 1.98. The van der Waals surface area contributed by atoms with Crippen LogP contribution in [0.4, 0.5) is 8.78 Å². The molecule has 0 aliphatic carbocycles. The average molecular weight is 521 g/mol. The standard InChI is InChI=1S/C22H14F2INO4/c23-14-6-13(5-11-1-2-15(25)10-17(11)24)21(22(26)28)19(9-14)29-16-3-4-18-12(7-16)8-20(27)30-18/h1-4,6-7,9-10H,5,8H2,(H2,26,28). The SMILES string of the molecule is NC(=O)c1c(Cc2ccc(I)cc2F)cc(F)cc1Oc1ccc2c(c1)CC(=O)O2. The third kappa shape index (κ3) is 4.13. The smallest absolute Gasteiger partial charge is 0.315 e. The van der Waals surface area contributed by atoms with Gasteiger partial charge < -0.3 is 15.2 Å². The molecule has 8 heteroatoms. The van der Waals surface area contributed by atoms with Gasteiger partial charge in [0.05, 0.1) is 12.0 Å². The summed E-state index contributed by atoms with van der Waals surface area (Å²) in [6.45, 7) is 0. The minimum Gasteiger partial charge on any atom is -0.456 e. The highest BCUT2D eigenvalue weighted by molar-refractivity contribution is 14.1. The number of hydrogen-bond acceptors (Lipinski definition) is 4. The number of ether oxygens (including phenoxy) is 2. The van der Waals surface area contributed by atoms with Gasteiger partial charge in [-0.25, -0.2) is 8.78 Å². The molecule has 0 aromatic heterocycles. The molecule has 1 aliphatic rings. The molecule has 5 nitrogen and oxygen atoms in total. The molecule has 0 unspecified atom stereocenters. The van der Waals surface area contributed by atoms with E-state index in [1.807, 2.05) is 22.6 Å². The lowest BCUT2D eigenvalue weighted by atomic mass is 9.98. The van der Waals surface area contributed by atoms with Crippen LogP contribution in [0.1, 0.15) is 27.0 Å². The second kappa shape index (κ2) is 8.02. The van der Waals surface area contributed by atoms with Crippen molar-refractivity contribution < 1.29 is 27.8 Å². The minimum absolute atomic E-state index is 0.0397. The summed E-state index contributed by atoms with van der Waals surface area (Å²) < 4.78 is 40.1. The molecule has 3 aromatic rings. The Bertz CT molecular complexity index is 1200. The molecule has 1 heterocycles. The maximum atomic E-state index is 14.3. The normalized spacial score (nSPS) is 12.4. The fraction of sp³-hybridized carbons (Fsp3) is 0.0909. The number of primary amides is 1. The second-order valence-corrected chi connectivity index (χ2v) is 7.98. The fourth-order valence-electron chi connectivity index (χ4n) is 3.30. The molecule has 4 rings (SSSR count). The Labute approximate surface area is 183 Å². The van der Waals surface area contributed by atoms with Crippen LogP contribution in [-0.2, 0) is 17.6 Å². The van der Waals surface area contributed by atoms with Gasteiger partial charge in [-0.3, -0.25) is 9.59 Å². The van der Waals surface area contributed by atoms with E-state index in [-0.39, 0.29) is 41.4 Å². The van der Waals surface area contributed by atoms with Crippen LogP contribution in [0, 0.1) is 15.2 Å². The van der Waals surface area contributed by atoms with E-state index in [1.54, 1.807) is 24.3 Å². The Kier molecular flexibility index (Phi) is 5.42. The van der Waals surface area contributed by atoms with Gasteiger partial charge in [-0.15, -0.1) is 0 Å². The Hall–Kier alpha value is -3.01. The lowest BCUT2D eigenvalue weighted by Crippen LogP contribution is -2.16. The Morgan fingerprint density at radius 3 is 2.63 bits per heavy atom. The van der Waals surface area contributed by atoms with Gasteiger partial charge in [0.15, 0.2) is 0 Å². The number of rotatable bonds is 5. The van der Waals surface area contributed by atoms with Gasteiger partial charge in [0.1, 0.15) is 28.9 Å². The maximum absolute atomic E-state index is 14.3. The predicted octanol–water partition coefficient (Wildman–Crippen LogP) is 4.51. The van der Waals surface area contributed by atoms with E-state index in [2.05, 4.69) is 0 Å². The van der Waals surface area contributed by atoms with E-state index in [9.17, 15) is 18.4 Å². The van der Waals surface area contributed by atoms with Crippen LogP contribution in [-0.4, -0.2) is 11.9 Å². The zero-order valence-corrected chi connectivity index (χ0v) is 17.5. The monoisotopic (exact) mass is 521 g/mol. The zero-order chi connectivity index (χ0) is 21.4. The maximum Gasteiger partial charge on any atom is 0.315 e. The van der Waals surface area contributed by atoms with Crippen molar-refractivity contribution >= 4 is 34.5 Å². The Morgan fingerprint density at radius 1 is 1.10 bits per heavy atom. The number of carbonyl (C=O) groups excluding carboxylic acids is 2. The second-order valence-electron chi connectivity index (χ2n) is 6.74. The third-order valence-corrected chi connectivity index (χ3v) is 5.28. The van der Waals surface area contributed by atoms with Gasteiger partial charge in [0.2, 0.25) is 0 Å². The molecule has 0 saturated heterocycles. The number of amides is 1. The number of esters is 1. The van der Waals surface area contributed by atoms with Gasteiger partial charge >= 0.3 is 5.97 Å². The number of halogens is 3. The molecule has 2 N–H and O–H groups in total. The summed E-state index contributed by atoms with van der Waals surface area (Å²) in [4.78, 5) is 23.6. The molecule has 1 aliphatic heterocycles. The van der Waals surface area contributed by atoms with Crippen LogP contribution in [0.25, 0.3) is 0 Å². The van der Waals surface area contributed by atoms with E-state index in [0.29, 0.717) is 20.4 Å². The van der Waals surface area contributed by atoms with Crippen LogP contribution < -0.4 is 15.2 Å². The minimum atomic E-state index is -0.828. The largest absolute Gasteiger partial charge is 0.456 e. The van der Waals surface area contributed by atoms with Gasteiger partial charge in [-0.2, -0.15) is 0 Å². The first-order valence-corrected chi connectivity index (χ1v) is 9.95. The van der Waals surface area contributed by atoms with Gasteiger partial charge in [-0.1, -0.05) is 6.07 Å². The van der Waals surface area contributed by atoms with Crippen molar-refractivity contribution in [2.45, 2.75) is 12.8 Å². The number of carbonyl (C=O) groups is 2. The summed E-state index contributed by atoms with van der Waals surface area (Å²) in [6.07, 6.45) is 0.0529. The van der Waals surface area contributed by atoms with E-state index in [0.717, 1.165) is 12.1 Å². The molecule has 0 atom stereocenters. The van der Waals surface area contributed by atoms with E-state index >= 15 is 0 Å². The Morgan fingerprint density at radius 2 is 1.90 bits per heavy atom. The fourth-order valence-corrected chi connectivity index (χ4v) is 3.76. The van der Waals surface area contributed by atoms with Crippen LogP contribution in [0.3, 0.4) is 0 Å². The van der Waals surface area contributed by atoms with Crippen LogP contribution in [0.2, 0.25) is 0 Å².